The zero-order valence-corrected chi connectivity index (χ0v) is 13.0. The number of ether oxygens (including phenoxy) is 1. The van der Waals surface area contributed by atoms with Gasteiger partial charge in [0, 0.05) is 25.2 Å². The molecule has 0 fully saturated rings. The van der Waals surface area contributed by atoms with Crippen LogP contribution in [-0.4, -0.2) is 15.8 Å². The van der Waals surface area contributed by atoms with Crippen molar-refractivity contribution in [3.63, 3.8) is 0 Å². The molecule has 1 N–H and O–H groups in total. The van der Waals surface area contributed by atoms with Gasteiger partial charge in [-0.15, -0.1) is 0 Å². The molecule has 2 aromatic rings. The highest BCUT2D eigenvalue weighted by molar-refractivity contribution is 5.34. The second-order valence-corrected chi connectivity index (χ2v) is 5.48. The van der Waals surface area contributed by atoms with Gasteiger partial charge in [0.25, 0.3) is 0 Å². The molecule has 0 aliphatic heterocycles. The molecular weight excluding hydrogens is 269 g/mol. The highest BCUT2D eigenvalue weighted by atomic mass is 19.1. The Morgan fingerprint density at radius 2 is 2.10 bits per heavy atom. The number of nitrogens with zero attached hydrogens (tertiary/aromatic N) is 2. The summed E-state index contributed by atoms with van der Waals surface area (Å²) in [4.78, 5) is 0. The van der Waals surface area contributed by atoms with E-state index in [9.17, 15) is 4.39 Å². The van der Waals surface area contributed by atoms with Crippen molar-refractivity contribution in [3.05, 3.63) is 47.0 Å². The largest absolute Gasteiger partial charge is 0.487 e. The molecule has 21 heavy (non-hydrogen) atoms. The average Bonchev–Trinajstić information content (AvgIpc) is 2.73. The number of aromatic nitrogens is 2. The van der Waals surface area contributed by atoms with E-state index in [4.69, 9.17) is 4.74 Å². The van der Waals surface area contributed by atoms with Gasteiger partial charge in [0.2, 0.25) is 0 Å². The summed E-state index contributed by atoms with van der Waals surface area (Å²) in [6.07, 6.45) is 0. The van der Waals surface area contributed by atoms with Crippen LogP contribution in [0, 0.1) is 12.7 Å². The Labute approximate surface area is 124 Å². The molecule has 0 unspecified atom stereocenters. The fourth-order valence-corrected chi connectivity index (χ4v) is 2.09. The molecule has 1 aromatic heterocycles. The number of rotatable bonds is 6. The fraction of sp³-hybridized carbons (Fsp3) is 0.438. The van der Waals surface area contributed by atoms with E-state index >= 15 is 0 Å². The number of hydrogen-bond acceptors (Lipinski definition) is 3. The third-order valence-electron chi connectivity index (χ3n) is 3.20. The molecule has 1 heterocycles. The maximum atomic E-state index is 13.4. The molecule has 0 amide bonds. The van der Waals surface area contributed by atoms with Gasteiger partial charge in [-0.2, -0.15) is 5.10 Å². The summed E-state index contributed by atoms with van der Waals surface area (Å²) in [6, 6.07) is 6.92. The number of nitrogens with one attached hydrogen (secondary N) is 1. The lowest BCUT2D eigenvalue weighted by Crippen LogP contribution is -2.22. The van der Waals surface area contributed by atoms with Crippen LogP contribution in [0.2, 0.25) is 0 Å². The second kappa shape index (κ2) is 6.72. The molecule has 0 aliphatic rings. The fourth-order valence-electron chi connectivity index (χ4n) is 2.09. The normalized spacial score (nSPS) is 11.1. The van der Waals surface area contributed by atoms with E-state index in [2.05, 4.69) is 24.3 Å². The number of halogens is 1. The van der Waals surface area contributed by atoms with E-state index in [1.165, 1.54) is 12.1 Å². The van der Waals surface area contributed by atoms with Crippen molar-refractivity contribution in [2.75, 3.05) is 0 Å². The zero-order valence-electron chi connectivity index (χ0n) is 13.0. The third-order valence-corrected chi connectivity index (χ3v) is 3.20. The van der Waals surface area contributed by atoms with E-state index in [-0.39, 0.29) is 5.82 Å². The van der Waals surface area contributed by atoms with E-state index in [1.807, 2.05) is 20.0 Å². The van der Waals surface area contributed by atoms with Crippen molar-refractivity contribution >= 4 is 0 Å². The number of benzene rings is 1. The molecule has 0 saturated carbocycles. The Morgan fingerprint density at radius 3 is 2.71 bits per heavy atom. The molecule has 0 saturated heterocycles. The van der Waals surface area contributed by atoms with Crippen LogP contribution in [0.3, 0.4) is 0 Å². The van der Waals surface area contributed by atoms with E-state index < -0.39 is 0 Å². The topological polar surface area (TPSA) is 39.1 Å². The lowest BCUT2D eigenvalue weighted by Gasteiger charge is -2.14. The summed E-state index contributed by atoms with van der Waals surface area (Å²) in [5.74, 6) is 0.447. The first-order valence-corrected chi connectivity index (χ1v) is 7.10. The lowest BCUT2D eigenvalue weighted by atomic mass is 10.2. The number of hydrogen-bond donors (Lipinski definition) is 1. The Morgan fingerprint density at radius 1 is 1.33 bits per heavy atom. The van der Waals surface area contributed by atoms with Crippen LogP contribution in [0.25, 0.3) is 0 Å². The zero-order chi connectivity index (χ0) is 15.4. The lowest BCUT2D eigenvalue weighted by molar-refractivity contribution is 0.290. The Hall–Kier alpha value is -1.88. The second-order valence-electron chi connectivity index (χ2n) is 5.48. The summed E-state index contributed by atoms with van der Waals surface area (Å²) < 4.78 is 21.0. The first kappa shape index (κ1) is 15.5. The van der Waals surface area contributed by atoms with Crippen LogP contribution in [0.1, 0.15) is 30.8 Å². The van der Waals surface area contributed by atoms with Crippen LogP contribution in [-0.2, 0) is 20.2 Å². The smallest absolute Gasteiger partial charge is 0.130 e. The van der Waals surface area contributed by atoms with E-state index in [0.717, 1.165) is 17.0 Å². The summed E-state index contributed by atoms with van der Waals surface area (Å²) in [5, 5.41) is 7.56. The predicted octanol–water partition coefficient (Wildman–Crippen LogP) is 2.94. The molecule has 4 nitrogen and oxygen atoms in total. The van der Waals surface area contributed by atoms with Crippen LogP contribution >= 0.6 is 0 Å². The quantitative estimate of drug-likeness (QED) is 0.889. The summed E-state index contributed by atoms with van der Waals surface area (Å²) in [5.41, 5.74) is 2.76. The van der Waals surface area contributed by atoms with Gasteiger partial charge in [-0.1, -0.05) is 13.8 Å². The first-order chi connectivity index (χ1) is 9.95. The monoisotopic (exact) mass is 291 g/mol. The molecule has 0 radical (unpaired) electrons. The van der Waals surface area contributed by atoms with Gasteiger partial charge in [-0.05, 0) is 31.2 Å². The third kappa shape index (κ3) is 4.29. The van der Waals surface area contributed by atoms with Gasteiger partial charge in [0.1, 0.15) is 18.2 Å². The molecule has 5 heteroatoms. The SMILES string of the molecule is Cc1cc(COc2ccc(F)cc2CNC(C)C)n(C)n1. The predicted molar refractivity (Wildman–Crippen MR) is 80.7 cm³/mol. The van der Waals surface area contributed by atoms with Crippen LogP contribution in [0.15, 0.2) is 24.3 Å². The van der Waals surface area contributed by atoms with Gasteiger partial charge in [0.15, 0.2) is 0 Å². The van der Waals surface area contributed by atoms with E-state index in [1.54, 1.807) is 10.7 Å². The van der Waals surface area contributed by atoms with Gasteiger partial charge in [-0.3, -0.25) is 4.68 Å². The van der Waals surface area contributed by atoms with Gasteiger partial charge >= 0.3 is 0 Å². The molecule has 2 rings (SSSR count). The first-order valence-electron chi connectivity index (χ1n) is 7.10. The maximum Gasteiger partial charge on any atom is 0.130 e. The van der Waals surface area contributed by atoms with Crippen LogP contribution < -0.4 is 10.1 Å². The van der Waals surface area contributed by atoms with Crippen molar-refractivity contribution in [3.8, 4) is 5.75 Å². The number of aryl methyl sites for hydroxylation is 2. The van der Waals surface area contributed by atoms with E-state index in [0.29, 0.717) is 24.9 Å². The highest BCUT2D eigenvalue weighted by Gasteiger charge is 2.08. The molecule has 1 aromatic carbocycles. The van der Waals surface area contributed by atoms with Crippen molar-refractivity contribution in [2.24, 2.45) is 7.05 Å². The maximum absolute atomic E-state index is 13.4. The summed E-state index contributed by atoms with van der Waals surface area (Å²) in [6.45, 7) is 7.04. The minimum absolute atomic E-state index is 0.251. The minimum Gasteiger partial charge on any atom is -0.487 e. The van der Waals surface area contributed by atoms with Crippen molar-refractivity contribution in [1.29, 1.82) is 0 Å². The molecule has 0 atom stereocenters. The van der Waals surface area contributed by atoms with Crippen molar-refractivity contribution in [2.45, 2.75) is 40.0 Å². The van der Waals surface area contributed by atoms with Crippen LogP contribution in [0.5, 0.6) is 5.75 Å². The highest BCUT2D eigenvalue weighted by Crippen LogP contribution is 2.21. The minimum atomic E-state index is -0.251. The Bertz CT molecular complexity index is 608. The van der Waals surface area contributed by atoms with Gasteiger partial charge in [-0.25, -0.2) is 4.39 Å². The van der Waals surface area contributed by atoms with Crippen molar-refractivity contribution < 1.29 is 9.13 Å². The molecule has 0 spiro atoms. The molecule has 0 aliphatic carbocycles. The standard InChI is InChI=1S/C16H22FN3O/c1-11(2)18-9-13-8-14(17)5-6-16(13)21-10-15-7-12(3)19-20(15)4/h5-8,11,18H,9-10H2,1-4H3. The van der Waals surface area contributed by atoms with Gasteiger partial charge in [0.05, 0.1) is 11.4 Å². The molecule has 114 valence electrons. The Kier molecular flexibility index (Phi) is 4.96. The Balaban J connectivity index is 2.09. The van der Waals surface area contributed by atoms with Gasteiger partial charge < -0.3 is 10.1 Å². The van der Waals surface area contributed by atoms with Crippen molar-refractivity contribution in [1.82, 2.24) is 15.1 Å². The molecular formula is C16H22FN3O. The summed E-state index contributed by atoms with van der Waals surface area (Å²) in [7, 11) is 1.89. The molecule has 0 bridgehead atoms. The van der Waals surface area contributed by atoms with Crippen LogP contribution in [0.4, 0.5) is 4.39 Å². The summed E-state index contributed by atoms with van der Waals surface area (Å²) >= 11 is 0. The average molecular weight is 291 g/mol.